The number of aromatic nitrogens is 2. The van der Waals surface area contributed by atoms with Crippen LogP contribution in [0.4, 0.5) is 13.2 Å². The normalized spacial score (nSPS) is 14.5. The van der Waals surface area contributed by atoms with Gasteiger partial charge in [-0.25, -0.2) is 4.98 Å². The van der Waals surface area contributed by atoms with Gasteiger partial charge >= 0.3 is 6.18 Å². The van der Waals surface area contributed by atoms with E-state index >= 15 is 0 Å². The highest BCUT2D eigenvalue weighted by molar-refractivity contribution is 7.17. The minimum Gasteiger partial charge on any atom is -0.399 e. The van der Waals surface area contributed by atoms with Crippen LogP contribution >= 0.6 is 22.9 Å². The van der Waals surface area contributed by atoms with Crippen molar-refractivity contribution in [3.63, 3.8) is 0 Å². The highest BCUT2D eigenvalue weighted by atomic mass is 35.5. The van der Waals surface area contributed by atoms with Gasteiger partial charge in [0.1, 0.15) is 11.2 Å². The van der Waals surface area contributed by atoms with Crippen molar-refractivity contribution in [3.8, 4) is 11.1 Å². The van der Waals surface area contributed by atoms with Crippen LogP contribution in [-0.2, 0) is 11.0 Å². The number of nitrogens with zero attached hydrogens (tertiary/aromatic N) is 3. The number of amides is 1. The minimum atomic E-state index is -4.63. The maximum atomic E-state index is 13.2. The van der Waals surface area contributed by atoms with Gasteiger partial charge in [-0.15, -0.1) is 16.1 Å². The molecule has 6 nitrogen and oxygen atoms in total. The van der Waals surface area contributed by atoms with Gasteiger partial charge in [-0.1, -0.05) is 17.7 Å². The van der Waals surface area contributed by atoms with E-state index in [1.165, 1.54) is 6.07 Å². The van der Waals surface area contributed by atoms with Gasteiger partial charge in [0.15, 0.2) is 6.61 Å². The zero-order valence-corrected chi connectivity index (χ0v) is 17.0. The Morgan fingerprint density at radius 3 is 2.70 bits per heavy atom. The van der Waals surface area contributed by atoms with E-state index in [4.69, 9.17) is 16.4 Å². The number of carbonyl (C=O) groups is 1. The second kappa shape index (κ2) is 7.92. The van der Waals surface area contributed by atoms with Gasteiger partial charge in [0, 0.05) is 24.0 Å². The van der Waals surface area contributed by atoms with E-state index in [1.54, 1.807) is 10.3 Å². The van der Waals surface area contributed by atoms with Crippen molar-refractivity contribution in [1.29, 1.82) is 0 Å². The lowest BCUT2D eigenvalue weighted by atomic mass is 10.0. The summed E-state index contributed by atoms with van der Waals surface area (Å²) in [7, 11) is 0. The molecule has 0 spiro atoms. The van der Waals surface area contributed by atoms with Gasteiger partial charge < -0.3 is 9.74 Å². The van der Waals surface area contributed by atoms with Crippen LogP contribution in [0.1, 0.15) is 18.4 Å². The highest BCUT2D eigenvalue weighted by Crippen LogP contribution is 2.39. The molecule has 30 heavy (non-hydrogen) atoms. The van der Waals surface area contributed by atoms with Crippen molar-refractivity contribution in [2.75, 3.05) is 19.7 Å². The molecule has 0 atom stereocenters. The molecule has 1 amide bonds. The smallest absolute Gasteiger partial charge is 0.399 e. The molecule has 0 unspecified atom stereocenters. The number of hydrogen-bond donors (Lipinski definition) is 0. The molecule has 0 radical (unpaired) electrons. The molecule has 0 N–H and O–H groups in total. The van der Waals surface area contributed by atoms with Gasteiger partial charge in [-0.05, 0) is 30.5 Å². The molecule has 1 aromatic carbocycles. The molecule has 1 aliphatic heterocycles. The van der Waals surface area contributed by atoms with Crippen LogP contribution in [0.25, 0.3) is 21.3 Å². The number of rotatable bonds is 4. The average Bonchev–Trinajstić information content (AvgIpc) is 3.37. The van der Waals surface area contributed by atoms with E-state index in [0.717, 1.165) is 47.4 Å². The molecule has 3 aromatic rings. The molecule has 1 aliphatic rings. The van der Waals surface area contributed by atoms with Crippen LogP contribution in [-0.4, -0.2) is 40.2 Å². The fourth-order valence-electron chi connectivity index (χ4n) is 3.31. The Morgan fingerprint density at radius 2 is 2.00 bits per heavy atom. The predicted molar refractivity (Wildman–Crippen MR) is 107 cm³/mol. The van der Waals surface area contributed by atoms with E-state index in [1.807, 2.05) is 0 Å². The van der Waals surface area contributed by atoms with Crippen LogP contribution < -0.4 is 10.4 Å². The number of halogens is 4. The molecule has 0 aliphatic carbocycles. The Balaban J connectivity index is 1.68. The summed E-state index contributed by atoms with van der Waals surface area (Å²) >= 11 is 6.81. The summed E-state index contributed by atoms with van der Waals surface area (Å²) in [5, 5.41) is 1.25. The molecule has 1 saturated heterocycles. The Hall–Kier alpha value is -2.59. The summed E-state index contributed by atoms with van der Waals surface area (Å²) in [5.41, 5.74) is -1.12. The highest BCUT2D eigenvalue weighted by Gasteiger charge is 2.33. The Bertz CT molecular complexity index is 1170. The molecule has 0 bridgehead atoms. The third-order valence-corrected chi connectivity index (χ3v) is 6.05. The first-order valence-corrected chi connectivity index (χ1v) is 10.3. The summed E-state index contributed by atoms with van der Waals surface area (Å²) in [6, 6.07) is 3.45. The van der Waals surface area contributed by atoms with Crippen LogP contribution in [0.5, 0.6) is 0 Å². The van der Waals surface area contributed by atoms with E-state index in [-0.39, 0.29) is 23.5 Å². The summed E-state index contributed by atoms with van der Waals surface area (Å²) < 4.78 is 40.5. The fourth-order valence-corrected chi connectivity index (χ4v) is 4.45. The van der Waals surface area contributed by atoms with Crippen LogP contribution in [0.15, 0.2) is 34.7 Å². The monoisotopic (exact) mass is 457 g/mol. The minimum absolute atomic E-state index is 0.117. The summed E-state index contributed by atoms with van der Waals surface area (Å²) in [6.07, 6.45) is -1.61. The molecule has 1 fully saturated rings. The van der Waals surface area contributed by atoms with Gasteiger partial charge in [-0.3, -0.25) is 9.59 Å². The van der Waals surface area contributed by atoms with E-state index in [9.17, 15) is 22.8 Å². The lowest BCUT2D eigenvalue weighted by Crippen LogP contribution is -2.37. The number of alkyl halides is 3. The number of hydrogen-bond acceptors (Lipinski definition) is 5. The molecule has 158 valence electrons. The van der Waals surface area contributed by atoms with Gasteiger partial charge in [0.2, 0.25) is 0 Å². The maximum absolute atomic E-state index is 13.2. The predicted octanol–water partition coefficient (Wildman–Crippen LogP) is 3.85. The molecule has 11 heteroatoms. The zero-order chi connectivity index (χ0) is 21.5. The maximum Gasteiger partial charge on any atom is 0.417 e. The molecule has 2 aromatic heterocycles. The lowest BCUT2D eigenvalue weighted by molar-refractivity contribution is -0.137. The van der Waals surface area contributed by atoms with Crippen molar-refractivity contribution < 1.29 is 22.8 Å². The molecule has 4 rings (SSSR count). The van der Waals surface area contributed by atoms with Gasteiger partial charge in [0.05, 0.1) is 16.0 Å². The summed E-state index contributed by atoms with van der Waals surface area (Å²) in [6.45, 7) is 0.980. The first-order chi connectivity index (χ1) is 14.3. The third kappa shape index (κ3) is 3.89. The van der Waals surface area contributed by atoms with E-state index in [0.29, 0.717) is 23.5 Å². The first kappa shape index (κ1) is 20.7. The van der Waals surface area contributed by atoms with Crippen LogP contribution in [0.3, 0.4) is 0 Å². The molecule has 0 saturated carbocycles. The first-order valence-electron chi connectivity index (χ1n) is 9.03. The van der Waals surface area contributed by atoms with Crippen molar-refractivity contribution in [1.82, 2.24) is 14.6 Å². The Morgan fingerprint density at radius 1 is 1.27 bits per heavy atom. The largest absolute Gasteiger partial charge is 0.417 e. The standard InChI is InChI=1S/C19H15ClF3N3O3S/c20-14-4-3-11(7-13(14)19(21,22)23)12-9-30-17-16(12)18(28)26(10-24-17)29-8-15(27)25-5-1-2-6-25/h3-4,7,9-10H,1-2,5-6,8H2. The van der Waals surface area contributed by atoms with Gasteiger partial charge in [-0.2, -0.15) is 13.2 Å². The number of thiophene rings is 1. The Labute approximate surface area is 177 Å². The van der Waals surface area contributed by atoms with Crippen LogP contribution in [0.2, 0.25) is 5.02 Å². The van der Waals surface area contributed by atoms with E-state index < -0.39 is 22.3 Å². The van der Waals surface area contributed by atoms with Crippen LogP contribution in [0, 0.1) is 0 Å². The second-order valence-corrected chi connectivity index (χ2v) is 8.02. The SMILES string of the molecule is O=C(COn1cnc2scc(-c3ccc(Cl)c(C(F)(F)F)c3)c2c1=O)N1CCCC1. The van der Waals surface area contributed by atoms with E-state index in [2.05, 4.69) is 4.98 Å². The van der Waals surface area contributed by atoms with Gasteiger partial charge in [0.25, 0.3) is 11.5 Å². The summed E-state index contributed by atoms with van der Waals surface area (Å²) in [5.74, 6) is -0.238. The van der Waals surface area contributed by atoms with Crippen molar-refractivity contribution >= 4 is 39.1 Å². The van der Waals surface area contributed by atoms with Crippen molar-refractivity contribution in [2.45, 2.75) is 19.0 Å². The number of fused-ring (bicyclic) bond motifs is 1. The topological polar surface area (TPSA) is 64.4 Å². The lowest BCUT2D eigenvalue weighted by Gasteiger charge is -2.15. The molecular weight excluding hydrogens is 443 g/mol. The fraction of sp³-hybridized carbons (Fsp3) is 0.316. The molecule has 3 heterocycles. The average molecular weight is 458 g/mol. The second-order valence-electron chi connectivity index (χ2n) is 6.76. The van der Waals surface area contributed by atoms with Crippen molar-refractivity contribution in [2.24, 2.45) is 0 Å². The van der Waals surface area contributed by atoms with Crippen molar-refractivity contribution in [3.05, 3.63) is 50.8 Å². The quantitative estimate of drug-likeness (QED) is 0.597. The number of benzene rings is 1. The zero-order valence-electron chi connectivity index (χ0n) is 15.4. The summed E-state index contributed by atoms with van der Waals surface area (Å²) in [4.78, 5) is 36.5. The Kier molecular flexibility index (Phi) is 5.46. The number of likely N-dealkylation sites (tertiary alicyclic amines) is 1. The molecular formula is C19H15ClF3N3O3S. The number of carbonyl (C=O) groups excluding carboxylic acids is 1. The third-order valence-electron chi connectivity index (χ3n) is 4.83.